The van der Waals surface area contributed by atoms with Crippen molar-refractivity contribution in [3.63, 3.8) is 0 Å². The van der Waals surface area contributed by atoms with Crippen LogP contribution in [0.5, 0.6) is 0 Å². The Kier molecular flexibility index (Phi) is 4.02. The second kappa shape index (κ2) is 6.39. The van der Waals surface area contributed by atoms with E-state index < -0.39 is 12.1 Å². The number of halogens is 1. The van der Waals surface area contributed by atoms with Gasteiger partial charge in [-0.3, -0.25) is 10.2 Å². The van der Waals surface area contributed by atoms with Gasteiger partial charge in [0.25, 0.3) is 5.91 Å². The zero-order chi connectivity index (χ0) is 19.1. The van der Waals surface area contributed by atoms with E-state index in [0.717, 1.165) is 18.5 Å². The lowest BCUT2D eigenvalue weighted by molar-refractivity contribution is 0.102. The minimum atomic E-state index is -1.23. The summed E-state index contributed by atoms with van der Waals surface area (Å²) in [7, 11) is 0. The maximum absolute atomic E-state index is 14.1. The molecule has 2 heterocycles. The van der Waals surface area contributed by atoms with Crippen molar-refractivity contribution in [3.8, 4) is 0 Å². The number of carbonyl (C=O) groups is 1. The molecule has 8 heteroatoms. The Bertz CT molecular complexity index is 1010. The number of amidine groups is 1. The van der Waals surface area contributed by atoms with Gasteiger partial charge in [-0.15, -0.1) is 0 Å². The molecule has 2 aliphatic rings. The summed E-state index contributed by atoms with van der Waals surface area (Å²) in [5.41, 5.74) is 9.16. The number of nitrogens with two attached hydrogens (primary N) is 1. The first-order valence-corrected chi connectivity index (χ1v) is 8.63. The number of fused-ring (bicyclic) bond motifs is 1. The molecule has 1 saturated carbocycles. The lowest BCUT2D eigenvalue weighted by Gasteiger charge is -2.21. The molecule has 0 spiro atoms. The topological polar surface area (TPSA) is 109 Å². The Labute approximate surface area is 155 Å². The van der Waals surface area contributed by atoms with Crippen LogP contribution in [0.15, 0.2) is 47.8 Å². The van der Waals surface area contributed by atoms with Gasteiger partial charge in [-0.25, -0.2) is 9.07 Å². The predicted molar refractivity (Wildman–Crippen MR) is 102 cm³/mol. The molecule has 0 saturated heterocycles. The van der Waals surface area contributed by atoms with E-state index in [1.807, 2.05) is 0 Å². The van der Waals surface area contributed by atoms with E-state index in [-0.39, 0.29) is 5.84 Å². The van der Waals surface area contributed by atoms with Crippen LogP contribution in [-0.4, -0.2) is 27.7 Å². The molecule has 1 atom stereocenters. The summed E-state index contributed by atoms with van der Waals surface area (Å²) in [6.07, 6.45) is 3.86. The lowest BCUT2D eigenvalue weighted by atomic mass is 10.1. The van der Waals surface area contributed by atoms with E-state index in [9.17, 15) is 9.18 Å². The maximum Gasteiger partial charge on any atom is 0.261 e. The molecule has 1 aromatic heterocycles. The standard InChI is InChI=1S/C19H19FN6O/c1-10(20)16-8-15(11-6-7-11)24-18-13(9-23-26(16)18)19(27)25-14-5-3-2-4-12(14)17(21)22/h2-5,8-10,24H,6-7H2,1H3,(H3,21,22)(H,25,27). The van der Waals surface area contributed by atoms with Gasteiger partial charge in [0, 0.05) is 11.3 Å². The average molecular weight is 366 g/mol. The summed E-state index contributed by atoms with van der Waals surface area (Å²) in [6, 6.07) is 6.81. The van der Waals surface area contributed by atoms with E-state index in [2.05, 4.69) is 15.7 Å². The average Bonchev–Trinajstić information content (AvgIpc) is 3.40. The quantitative estimate of drug-likeness (QED) is 0.492. The second-order valence-corrected chi connectivity index (χ2v) is 6.56. The Hall–Kier alpha value is -3.42. The number of amides is 1. The third-order valence-electron chi connectivity index (χ3n) is 4.56. The van der Waals surface area contributed by atoms with Crippen LogP contribution in [0.4, 0.5) is 15.9 Å². The normalized spacial score (nSPS) is 16.1. The second-order valence-electron chi connectivity index (χ2n) is 6.56. The number of hydrogen-bond donors (Lipinski definition) is 4. The molecule has 0 bridgehead atoms. The monoisotopic (exact) mass is 366 g/mol. The van der Waals surface area contributed by atoms with Crippen LogP contribution in [-0.2, 0) is 0 Å². The number of hydrogen-bond acceptors (Lipinski definition) is 4. The summed E-state index contributed by atoms with van der Waals surface area (Å²) in [5.74, 6) is -0.118. The summed E-state index contributed by atoms with van der Waals surface area (Å²) < 4.78 is 15.5. The highest BCUT2D eigenvalue weighted by molar-refractivity contribution is 6.11. The molecule has 1 unspecified atom stereocenters. The summed E-state index contributed by atoms with van der Waals surface area (Å²) in [6.45, 7) is 1.45. The molecule has 27 heavy (non-hydrogen) atoms. The fraction of sp³-hybridized carbons (Fsp3) is 0.211. The molecule has 1 aliphatic heterocycles. The van der Waals surface area contributed by atoms with Crippen molar-refractivity contribution in [1.82, 2.24) is 9.78 Å². The first-order valence-electron chi connectivity index (χ1n) is 8.63. The van der Waals surface area contributed by atoms with Gasteiger partial charge in [0.15, 0.2) is 0 Å². The van der Waals surface area contributed by atoms with Gasteiger partial charge in [0.05, 0.1) is 17.6 Å². The highest BCUT2D eigenvalue weighted by Crippen LogP contribution is 2.38. The number of aromatic nitrogens is 2. The van der Waals surface area contributed by atoms with Gasteiger partial charge in [-0.2, -0.15) is 5.10 Å². The SMILES string of the molecule is CC(F)C1=CC(=C2CC2)Nc2c(C(=O)Nc3ccccc3C(=N)N)cnn21. The van der Waals surface area contributed by atoms with E-state index >= 15 is 0 Å². The number of para-hydroxylation sites is 1. The van der Waals surface area contributed by atoms with Gasteiger partial charge < -0.3 is 16.4 Å². The van der Waals surface area contributed by atoms with Gasteiger partial charge in [0.1, 0.15) is 23.4 Å². The van der Waals surface area contributed by atoms with Crippen molar-refractivity contribution in [3.05, 3.63) is 58.9 Å². The van der Waals surface area contributed by atoms with Crippen molar-refractivity contribution in [2.45, 2.75) is 25.9 Å². The molecule has 4 rings (SSSR count). The molecular formula is C19H19FN6O. The predicted octanol–water partition coefficient (Wildman–Crippen LogP) is 3.09. The third kappa shape index (κ3) is 3.10. The summed E-state index contributed by atoms with van der Waals surface area (Å²) in [5, 5.41) is 17.8. The lowest BCUT2D eigenvalue weighted by Crippen LogP contribution is -2.21. The number of rotatable bonds is 4. The van der Waals surface area contributed by atoms with Crippen LogP contribution in [0.2, 0.25) is 0 Å². The molecule has 0 radical (unpaired) electrons. The number of carbonyl (C=O) groups excluding carboxylic acids is 1. The number of benzene rings is 1. The molecule has 1 aromatic carbocycles. The van der Waals surface area contributed by atoms with Crippen LogP contribution in [0.3, 0.4) is 0 Å². The van der Waals surface area contributed by atoms with E-state index in [0.29, 0.717) is 28.3 Å². The van der Waals surface area contributed by atoms with E-state index in [1.165, 1.54) is 23.4 Å². The van der Waals surface area contributed by atoms with Crippen LogP contribution in [0, 0.1) is 5.41 Å². The minimum Gasteiger partial charge on any atom is -0.384 e. The van der Waals surface area contributed by atoms with Crippen LogP contribution >= 0.6 is 0 Å². The van der Waals surface area contributed by atoms with E-state index in [1.54, 1.807) is 30.3 Å². The Morgan fingerprint density at radius 2 is 2.11 bits per heavy atom. The molecule has 5 N–H and O–H groups in total. The number of anilines is 2. The van der Waals surface area contributed by atoms with Crippen molar-refractivity contribution in [2.75, 3.05) is 10.6 Å². The summed E-state index contributed by atoms with van der Waals surface area (Å²) >= 11 is 0. The van der Waals surface area contributed by atoms with Crippen molar-refractivity contribution >= 4 is 28.9 Å². The van der Waals surface area contributed by atoms with Gasteiger partial charge >= 0.3 is 0 Å². The molecule has 1 amide bonds. The highest BCUT2D eigenvalue weighted by atomic mass is 19.1. The maximum atomic E-state index is 14.1. The van der Waals surface area contributed by atoms with Crippen molar-refractivity contribution < 1.29 is 9.18 Å². The number of allylic oxidation sites excluding steroid dienone is 3. The van der Waals surface area contributed by atoms with Crippen molar-refractivity contribution in [2.24, 2.45) is 5.73 Å². The Morgan fingerprint density at radius 1 is 1.37 bits per heavy atom. The first kappa shape index (κ1) is 17.0. The van der Waals surface area contributed by atoms with Gasteiger partial charge in [-0.05, 0) is 43.5 Å². The van der Waals surface area contributed by atoms with Gasteiger partial charge in [0.2, 0.25) is 0 Å². The first-order chi connectivity index (χ1) is 13.0. The fourth-order valence-electron chi connectivity index (χ4n) is 3.03. The third-order valence-corrected chi connectivity index (χ3v) is 4.56. The highest BCUT2D eigenvalue weighted by Gasteiger charge is 2.29. The fourth-order valence-corrected chi connectivity index (χ4v) is 3.03. The smallest absolute Gasteiger partial charge is 0.261 e. The van der Waals surface area contributed by atoms with Crippen LogP contribution in [0.25, 0.3) is 5.70 Å². The molecule has 2 aromatic rings. The van der Waals surface area contributed by atoms with Gasteiger partial charge in [-0.1, -0.05) is 12.1 Å². The number of nitrogens with one attached hydrogen (secondary N) is 3. The Morgan fingerprint density at radius 3 is 2.78 bits per heavy atom. The van der Waals surface area contributed by atoms with Crippen LogP contribution < -0.4 is 16.4 Å². The molecule has 1 fully saturated rings. The van der Waals surface area contributed by atoms with Crippen molar-refractivity contribution in [1.29, 1.82) is 5.41 Å². The molecule has 138 valence electrons. The summed E-state index contributed by atoms with van der Waals surface area (Å²) in [4.78, 5) is 12.8. The number of nitrogen functional groups attached to an aromatic ring is 1. The largest absolute Gasteiger partial charge is 0.384 e. The number of alkyl halides is 1. The minimum absolute atomic E-state index is 0.140. The zero-order valence-corrected chi connectivity index (χ0v) is 14.7. The van der Waals surface area contributed by atoms with E-state index in [4.69, 9.17) is 11.1 Å². The van der Waals surface area contributed by atoms with Crippen LogP contribution in [0.1, 0.15) is 35.7 Å². The molecule has 1 aliphatic carbocycles. The number of nitrogens with zero attached hydrogens (tertiary/aromatic N) is 2. The molecule has 7 nitrogen and oxygen atoms in total. The molecular weight excluding hydrogens is 347 g/mol. The Balaban J connectivity index is 1.69. The zero-order valence-electron chi connectivity index (χ0n) is 14.7.